The Kier molecular flexibility index (Phi) is 6.77. The Morgan fingerprint density at radius 3 is 2.57 bits per heavy atom. The van der Waals surface area contributed by atoms with E-state index in [9.17, 15) is 10.1 Å². The summed E-state index contributed by atoms with van der Waals surface area (Å²) in [6.07, 6.45) is 3.56. The zero-order valence-corrected chi connectivity index (χ0v) is 19.9. The van der Waals surface area contributed by atoms with E-state index >= 15 is 0 Å². The molecule has 0 bridgehead atoms. The number of hydrogen-bond acceptors (Lipinski definition) is 7. The average Bonchev–Trinajstić information content (AvgIpc) is 2.92. The lowest BCUT2D eigenvalue weighted by molar-refractivity contribution is -0.0304. The summed E-state index contributed by atoms with van der Waals surface area (Å²) in [5.41, 5.74) is 4.52. The number of anilines is 1. The molecule has 0 unspecified atom stereocenters. The van der Waals surface area contributed by atoms with Gasteiger partial charge in [0.2, 0.25) is 0 Å². The van der Waals surface area contributed by atoms with Gasteiger partial charge in [0.05, 0.1) is 30.1 Å². The van der Waals surface area contributed by atoms with Crippen LogP contribution >= 0.6 is 0 Å². The van der Waals surface area contributed by atoms with E-state index in [4.69, 9.17) is 9.57 Å². The van der Waals surface area contributed by atoms with Crippen LogP contribution in [0, 0.1) is 17.2 Å². The second kappa shape index (κ2) is 10.3. The SMILES string of the molecule is Cn1c(=O)cc(N2CCC(/C(=N/OC3CCOCC3)c3ccccc3)CC2)c2nc(C#N)ccc21. The molecule has 0 aliphatic carbocycles. The lowest BCUT2D eigenvalue weighted by Gasteiger charge is -2.34. The van der Waals surface area contributed by atoms with E-state index < -0.39 is 0 Å². The summed E-state index contributed by atoms with van der Waals surface area (Å²) in [6.45, 7) is 2.94. The van der Waals surface area contributed by atoms with Gasteiger partial charge in [-0.25, -0.2) is 4.98 Å². The van der Waals surface area contributed by atoms with Crippen molar-refractivity contribution in [2.45, 2.75) is 31.8 Å². The third-order valence-corrected chi connectivity index (χ3v) is 6.94. The van der Waals surface area contributed by atoms with Crippen LogP contribution in [-0.4, -0.2) is 47.7 Å². The molecule has 0 spiro atoms. The van der Waals surface area contributed by atoms with Gasteiger partial charge < -0.3 is 19.0 Å². The number of oxime groups is 1. The van der Waals surface area contributed by atoms with Crippen LogP contribution in [-0.2, 0) is 16.6 Å². The molecule has 0 saturated carbocycles. The maximum atomic E-state index is 12.6. The van der Waals surface area contributed by atoms with Crippen LogP contribution in [0.3, 0.4) is 0 Å². The van der Waals surface area contributed by atoms with E-state index in [1.165, 1.54) is 0 Å². The molecule has 5 rings (SSSR count). The van der Waals surface area contributed by atoms with E-state index in [0.29, 0.717) is 24.4 Å². The van der Waals surface area contributed by atoms with Crippen LogP contribution in [0.4, 0.5) is 5.69 Å². The number of benzene rings is 1. The lowest BCUT2D eigenvalue weighted by Crippen LogP contribution is -2.38. The number of rotatable bonds is 5. The average molecular weight is 472 g/mol. The van der Waals surface area contributed by atoms with Gasteiger partial charge in [0.25, 0.3) is 5.56 Å². The van der Waals surface area contributed by atoms with Crippen molar-refractivity contribution in [1.82, 2.24) is 9.55 Å². The van der Waals surface area contributed by atoms with Gasteiger partial charge in [-0.15, -0.1) is 0 Å². The first-order valence-electron chi connectivity index (χ1n) is 12.2. The second-order valence-corrected chi connectivity index (χ2v) is 9.12. The number of nitrogens with zero attached hydrogens (tertiary/aromatic N) is 5. The first-order chi connectivity index (χ1) is 17.1. The number of hydrogen-bond donors (Lipinski definition) is 0. The van der Waals surface area contributed by atoms with Crippen LogP contribution < -0.4 is 10.5 Å². The van der Waals surface area contributed by atoms with Crippen molar-refractivity contribution in [3.8, 4) is 6.07 Å². The van der Waals surface area contributed by atoms with Crippen LogP contribution in [0.2, 0.25) is 0 Å². The Labute approximate surface area is 204 Å². The molecule has 2 saturated heterocycles. The predicted octanol–water partition coefficient (Wildman–Crippen LogP) is 3.62. The molecular weight excluding hydrogens is 442 g/mol. The number of nitriles is 1. The van der Waals surface area contributed by atoms with Gasteiger partial charge in [-0.05, 0) is 30.5 Å². The Morgan fingerprint density at radius 2 is 1.86 bits per heavy atom. The molecule has 0 atom stereocenters. The van der Waals surface area contributed by atoms with Crippen LogP contribution in [0.1, 0.15) is 36.9 Å². The summed E-state index contributed by atoms with van der Waals surface area (Å²) in [7, 11) is 1.73. The minimum Gasteiger partial charge on any atom is -0.392 e. The van der Waals surface area contributed by atoms with Crippen molar-refractivity contribution in [1.29, 1.82) is 5.26 Å². The summed E-state index contributed by atoms with van der Waals surface area (Å²) in [5, 5.41) is 14.0. The molecular formula is C27H29N5O3. The number of piperidine rings is 1. The quantitative estimate of drug-likeness (QED) is 0.417. The van der Waals surface area contributed by atoms with Crippen molar-refractivity contribution in [3.05, 3.63) is 70.1 Å². The van der Waals surface area contributed by atoms with E-state index in [1.54, 1.807) is 29.8 Å². The minimum atomic E-state index is -0.0856. The van der Waals surface area contributed by atoms with Crippen molar-refractivity contribution < 1.29 is 9.57 Å². The predicted molar refractivity (Wildman–Crippen MR) is 135 cm³/mol. The smallest absolute Gasteiger partial charge is 0.252 e. The molecule has 2 fully saturated rings. The summed E-state index contributed by atoms with van der Waals surface area (Å²) in [5.74, 6) is 0.244. The first kappa shape index (κ1) is 23.1. The topological polar surface area (TPSA) is 92.7 Å². The molecule has 3 aromatic rings. The summed E-state index contributed by atoms with van der Waals surface area (Å²) < 4.78 is 7.02. The molecule has 0 amide bonds. The van der Waals surface area contributed by atoms with Crippen LogP contribution in [0.15, 0.2) is 58.5 Å². The molecule has 2 aliphatic heterocycles. The fourth-order valence-electron chi connectivity index (χ4n) is 4.89. The van der Waals surface area contributed by atoms with Crippen molar-refractivity contribution in [3.63, 3.8) is 0 Å². The van der Waals surface area contributed by atoms with E-state index in [-0.39, 0.29) is 17.6 Å². The Hall–Kier alpha value is -3.70. The van der Waals surface area contributed by atoms with Crippen molar-refractivity contribution in [2.24, 2.45) is 18.1 Å². The second-order valence-electron chi connectivity index (χ2n) is 9.12. The lowest BCUT2D eigenvalue weighted by atomic mass is 9.88. The maximum absolute atomic E-state index is 12.6. The largest absolute Gasteiger partial charge is 0.392 e. The molecule has 180 valence electrons. The third-order valence-electron chi connectivity index (χ3n) is 6.94. The zero-order chi connectivity index (χ0) is 24.2. The molecule has 1 aromatic carbocycles. The number of pyridine rings is 2. The highest BCUT2D eigenvalue weighted by Crippen LogP contribution is 2.30. The fourth-order valence-corrected chi connectivity index (χ4v) is 4.89. The normalized spacial score (nSPS) is 17.9. The fraction of sp³-hybridized carbons (Fsp3) is 0.407. The Morgan fingerprint density at radius 1 is 1.11 bits per heavy atom. The number of aromatic nitrogens is 2. The molecule has 4 heterocycles. The van der Waals surface area contributed by atoms with Gasteiger partial charge in [-0.1, -0.05) is 35.5 Å². The van der Waals surface area contributed by atoms with Gasteiger partial charge in [0.15, 0.2) is 0 Å². The van der Waals surface area contributed by atoms with E-state index in [2.05, 4.69) is 33.2 Å². The molecule has 2 aliphatic rings. The summed E-state index contributed by atoms with van der Waals surface area (Å²) in [4.78, 5) is 25.4. The molecule has 2 aromatic heterocycles. The maximum Gasteiger partial charge on any atom is 0.252 e. The number of aryl methyl sites for hydroxylation is 1. The molecule has 0 radical (unpaired) electrons. The van der Waals surface area contributed by atoms with Gasteiger partial charge in [0, 0.05) is 45.0 Å². The molecule has 35 heavy (non-hydrogen) atoms. The summed E-state index contributed by atoms with van der Waals surface area (Å²) >= 11 is 0. The van der Waals surface area contributed by atoms with Crippen LogP contribution in [0.25, 0.3) is 11.0 Å². The standard InChI is InChI=1S/C27H29N5O3/c1-31-23-8-7-21(18-28)29-27(23)24(17-25(31)33)32-13-9-20(10-14-32)26(19-5-3-2-4-6-19)30-35-22-11-15-34-16-12-22/h2-8,17,20,22H,9-16H2,1H3/b30-26+. The molecule has 8 nitrogen and oxygen atoms in total. The molecule has 0 N–H and O–H groups in total. The van der Waals surface area contributed by atoms with E-state index in [1.807, 2.05) is 18.2 Å². The van der Waals surface area contributed by atoms with Crippen molar-refractivity contribution in [2.75, 3.05) is 31.2 Å². The van der Waals surface area contributed by atoms with Crippen LogP contribution in [0.5, 0.6) is 0 Å². The zero-order valence-electron chi connectivity index (χ0n) is 19.9. The highest BCUT2D eigenvalue weighted by molar-refractivity contribution is 6.02. The first-order valence-corrected chi connectivity index (χ1v) is 12.2. The van der Waals surface area contributed by atoms with Gasteiger partial charge in [-0.3, -0.25) is 4.79 Å². The van der Waals surface area contributed by atoms with Gasteiger partial charge >= 0.3 is 0 Å². The van der Waals surface area contributed by atoms with Crippen molar-refractivity contribution >= 4 is 22.4 Å². The highest BCUT2D eigenvalue weighted by Gasteiger charge is 2.27. The Bertz CT molecular complexity index is 1310. The molecule has 8 heteroatoms. The monoisotopic (exact) mass is 471 g/mol. The van der Waals surface area contributed by atoms with Gasteiger partial charge in [0.1, 0.15) is 23.4 Å². The van der Waals surface area contributed by atoms with Gasteiger partial charge in [-0.2, -0.15) is 5.26 Å². The summed E-state index contributed by atoms with van der Waals surface area (Å²) in [6, 6.07) is 17.4. The number of fused-ring (bicyclic) bond motifs is 1. The van der Waals surface area contributed by atoms with E-state index in [0.717, 1.165) is 61.3 Å². The number of ether oxygens (including phenoxy) is 1. The third kappa shape index (κ3) is 4.91. The Balaban J connectivity index is 1.39. The highest BCUT2D eigenvalue weighted by atomic mass is 16.6. The minimum absolute atomic E-state index is 0.0856.